The highest BCUT2D eigenvalue weighted by Crippen LogP contribution is 2.47. The van der Waals surface area contributed by atoms with Gasteiger partial charge in [-0.05, 0) is 32.3 Å². The summed E-state index contributed by atoms with van der Waals surface area (Å²) >= 11 is 0. The molecule has 0 amide bonds. The molecule has 0 fully saturated rings. The minimum absolute atomic E-state index is 0.389. The lowest BCUT2D eigenvalue weighted by Crippen LogP contribution is -2.11. The normalized spacial score (nSPS) is 10.8. The molecule has 2 aromatic carbocycles. The van der Waals surface area contributed by atoms with Crippen LogP contribution < -0.4 is 14.2 Å². The average Bonchev–Trinajstić information content (AvgIpc) is 2.63. The number of benzene rings is 2. The van der Waals surface area contributed by atoms with Gasteiger partial charge in [0, 0.05) is 30.2 Å². The summed E-state index contributed by atoms with van der Waals surface area (Å²) in [4.78, 5) is 23.7. The fourth-order valence-corrected chi connectivity index (χ4v) is 3.13. The lowest BCUT2D eigenvalue weighted by molar-refractivity contribution is -0.133. The van der Waals surface area contributed by atoms with E-state index in [1.165, 1.54) is 13.8 Å². The van der Waals surface area contributed by atoms with Crippen molar-refractivity contribution in [2.45, 2.75) is 66.7 Å². The number of fused-ring (bicyclic) bond motifs is 1. The predicted molar refractivity (Wildman–Crippen MR) is 110 cm³/mol. The van der Waals surface area contributed by atoms with Crippen LogP contribution in [0.15, 0.2) is 18.2 Å². The molecule has 0 heterocycles. The fourth-order valence-electron chi connectivity index (χ4n) is 3.13. The Hall–Kier alpha value is -2.56. The first-order valence-corrected chi connectivity index (χ1v) is 9.97. The van der Waals surface area contributed by atoms with Gasteiger partial charge >= 0.3 is 11.9 Å². The van der Waals surface area contributed by atoms with Crippen LogP contribution in [0.3, 0.4) is 0 Å². The van der Waals surface area contributed by atoms with Gasteiger partial charge in [-0.3, -0.25) is 9.59 Å². The molecule has 0 spiro atoms. The van der Waals surface area contributed by atoms with E-state index in [0.29, 0.717) is 35.7 Å². The predicted octanol–water partition coefficient (Wildman–Crippen LogP) is 5.52. The summed E-state index contributed by atoms with van der Waals surface area (Å²) in [5.74, 6) is 0.608. The third-order valence-corrected chi connectivity index (χ3v) is 4.43. The van der Waals surface area contributed by atoms with Crippen molar-refractivity contribution >= 4 is 22.7 Å². The molecule has 0 aliphatic carbocycles. The van der Waals surface area contributed by atoms with Crippen molar-refractivity contribution < 1.29 is 23.8 Å². The van der Waals surface area contributed by atoms with E-state index in [9.17, 15) is 9.59 Å². The smallest absolute Gasteiger partial charge is 0.308 e. The van der Waals surface area contributed by atoms with Gasteiger partial charge in [-0.25, -0.2) is 0 Å². The number of aryl methyl sites for hydroxylation is 1. The average molecular weight is 386 g/mol. The molecule has 152 valence electrons. The summed E-state index contributed by atoms with van der Waals surface area (Å²) in [7, 11) is 0. The lowest BCUT2D eigenvalue weighted by Gasteiger charge is -2.21. The molecule has 0 saturated carbocycles. The van der Waals surface area contributed by atoms with Crippen molar-refractivity contribution in [2.75, 3.05) is 6.61 Å². The van der Waals surface area contributed by atoms with E-state index in [1.54, 1.807) is 0 Å². The topological polar surface area (TPSA) is 61.8 Å². The number of carbonyl (C=O) groups is 2. The van der Waals surface area contributed by atoms with Crippen LogP contribution in [0, 0.1) is 6.92 Å². The van der Waals surface area contributed by atoms with Crippen molar-refractivity contribution in [3.63, 3.8) is 0 Å². The summed E-state index contributed by atoms with van der Waals surface area (Å²) in [6.45, 7) is 9.42. The van der Waals surface area contributed by atoms with E-state index in [0.717, 1.165) is 42.2 Å². The van der Waals surface area contributed by atoms with E-state index in [4.69, 9.17) is 14.2 Å². The Morgan fingerprint density at radius 1 is 0.857 bits per heavy atom. The van der Waals surface area contributed by atoms with Crippen molar-refractivity contribution in [3.05, 3.63) is 29.3 Å². The van der Waals surface area contributed by atoms with Gasteiger partial charge in [-0.15, -0.1) is 0 Å². The molecular formula is C23H30O5. The van der Waals surface area contributed by atoms with E-state index in [-0.39, 0.29) is 5.97 Å². The molecule has 28 heavy (non-hydrogen) atoms. The van der Waals surface area contributed by atoms with Crippen LogP contribution >= 0.6 is 0 Å². The molecule has 0 radical (unpaired) electrons. The Morgan fingerprint density at radius 2 is 1.50 bits per heavy atom. The summed E-state index contributed by atoms with van der Waals surface area (Å²) in [5, 5.41) is 1.45. The molecule has 5 nitrogen and oxygen atoms in total. The van der Waals surface area contributed by atoms with Gasteiger partial charge in [0.2, 0.25) is 0 Å². The SMILES string of the molecule is CCCCOc1c(CCCC)c(OC(C)=O)c2cc(C)ccc2c1OC(C)=O. The second kappa shape index (κ2) is 10.1. The van der Waals surface area contributed by atoms with Crippen LogP contribution in [0.4, 0.5) is 0 Å². The zero-order chi connectivity index (χ0) is 20.7. The van der Waals surface area contributed by atoms with Gasteiger partial charge in [0.05, 0.1) is 6.61 Å². The number of rotatable bonds is 9. The van der Waals surface area contributed by atoms with Crippen LogP contribution in [0.1, 0.15) is 64.5 Å². The molecule has 0 aromatic heterocycles. The molecule has 0 unspecified atom stereocenters. The second-order valence-electron chi connectivity index (χ2n) is 7.01. The van der Waals surface area contributed by atoms with Gasteiger partial charge in [0.15, 0.2) is 11.5 Å². The van der Waals surface area contributed by atoms with Crippen molar-refractivity contribution in [3.8, 4) is 17.2 Å². The molecule has 2 rings (SSSR count). The van der Waals surface area contributed by atoms with Crippen LogP contribution in [0.25, 0.3) is 10.8 Å². The number of esters is 2. The summed E-state index contributed by atoms with van der Waals surface area (Å²) in [6, 6.07) is 5.77. The fraction of sp³-hybridized carbons (Fsp3) is 0.478. The summed E-state index contributed by atoms with van der Waals surface area (Å²) < 4.78 is 17.4. The Morgan fingerprint density at radius 3 is 2.11 bits per heavy atom. The Balaban J connectivity index is 2.83. The Kier molecular flexibility index (Phi) is 7.85. The Labute approximate surface area is 167 Å². The minimum atomic E-state index is -0.413. The van der Waals surface area contributed by atoms with Gasteiger partial charge in [-0.2, -0.15) is 0 Å². The highest BCUT2D eigenvalue weighted by atomic mass is 16.6. The van der Waals surface area contributed by atoms with Crippen LogP contribution in [-0.4, -0.2) is 18.5 Å². The number of carbonyl (C=O) groups excluding carboxylic acids is 2. The molecule has 0 aliphatic heterocycles. The van der Waals surface area contributed by atoms with Crippen LogP contribution in [0.2, 0.25) is 0 Å². The van der Waals surface area contributed by atoms with E-state index >= 15 is 0 Å². The summed E-state index contributed by atoms with van der Waals surface area (Å²) in [5.41, 5.74) is 1.80. The number of ether oxygens (including phenoxy) is 3. The number of hydrogen-bond donors (Lipinski definition) is 0. The molecule has 0 N–H and O–H groups in total. The lowest BCUT2D eigenvalue weighted by atomic mass is 9.97. The molecule has 5 heteroatoms. The number of hydrogen-bond acceptors (Lipinski definition) is 5. The van der Waals surface area contributed by atoms with Gasteiger partial charge in [0.1, 0.15) is 5.75 Å². The maximum absolute atomic E-state index is 11.9. The molecule has 0 atom stereocenters. The molecule has 2 aromatic rings. The van der Waals surface area contributed by atoms with E-state index in [2.05, 4.69) is 13.8 Å². The maximum Gasteiger partial charge on any atom is 0.308 e. The first kappa shape index (κ1) is 21.7. The van der Waals surface area contributed by atoms with E-state index < -0.39 is 5.97 Å². The van der Waals surface area contributed by atoms with Gasteiger partial charge in [0.25, 0.3) is 0 Å². The zero-order valence-electron chi connectivity index (χ0n) is 17.5. The minimum Gasteiger partial charge on any atom is -0.489 e. The largest absolute Gasteiger partial charge is 0.489 e. The quantitative estimate of drug-likeness (QED) is 0.322. The summed E-state index contributed by atoms with van der Waals surface area (Å²) in [6.07, 6.45) is 4.40. The van der Waals surface area contributed by atoms with Gasteiger partial charge in [-0.1, -0.05) is 44.4 Å². The van der Waals surface area contributed by atoms with Crippen molar-refractivity contribution in [1.29, 1.82) is 0 Å². The first-order valence-electron chi connectivity index (χ1n) is 9.97. The van der Waals surface area contributed by atoms with E-state index in [1.807, 2.05) is 25.1 Å². The first-order chi connectivity index (χ1) is 13.4. The molecule has 0 bridgehead atoms. The Bertz CT molecular complexity index is 854. The molecule has 0 aliphatic rings. The zero-order valence-corrected chi connectivity index (χ0v) is 17.5. The van der Waals surface area contributed by atoms with Crippen LogP contribution in [0.5, 0.6) is 17.2 Å². The molecular weight excluding hydrogens is 356 g/mol. The highest BCUT2D eigenvalue weighted by molar-refractivity contribution is 6.00. The molecule has 0 saturated heterocycles. The monoisotopic (exact) mass is 386 g/mol. The van der Waals surface area contributed by atoms with Crippen LogP contribution in [-0.2, 0) is 16.0 Å². The van der Waals surface area contributed by atoms with Crippen molar-refractivity contribution in [2.24, 2.45) is 0 Å². The maximum atomic E-state index is 11.9. The highest BCUT2D eigenvalue weighted by Gasteiger charge is 2.25. The third-order valence-electron chi connectivity index (χ3n) is 4.43. The van der Waals surface area contributed by atoms with Crippen molar-refractivity contribution in [1.82, 2.24) is 0 Å². The van der Waals surface area contributed by atoms with Gasteiger partial charge < -0.3 is 14.2 Å². The second-order valence-corrected chi connectivity index (χ2v) is 7.01. The third kappa shape index (κ3) is 5.24. The number of unbranched alkanes of at least 4 members (excludes halogenated alkanes) is 2. The standard InChI is InChI=1S/C23H30O5/c1-6-8-10-19-21(27-16(4)24)20-14-15(3)11-12-18(20)23(28-17(5)25)22(19)26-13-9-7-2/h11-12,14H,6-10,13H2,1-5H3.